The van der Waals surface area contributed by atoms with Crippen LogP contribution in [0.2, 0.25) is 0 Å². The average molecular weight is 328 g/mol. The number of amides is 1. The smallest absolute Gasteiger partial charge is 0.238 e. The summed E-state index contributed by atoms with van der Waals surface area (Å²) >= 11 is 0. The summed E-state index contributed by atoms with van der Waals surface area (Å²) in [5.41, 5.74) is 1.21. The van der Waals surface area contributed by atoms with Crippen LogP contribution in [0.5, 0.6) is 0 Å². The highest BCUT2D eigenvalue weighted by Crippen LogP contribution is 2.14. The molecule has 1 N–H and O–H groups in total. The number of anilines is 1. The van der Waals surface area contributed by atoms with E-state index < -0.39 is 0 Å². The molecule has 1 aromatic heterocycles. The predicted molar refractivity (Wildman–Crippen MR) is 94.1 cm³/mol. The minimum Gasteiger partial charge on any atom is -0.465 e. The topological polar surface area (TPSA) is 62.6 Å². The summed E-state index contributed by atoms with van der Waals surface area (Å²) in [6.45, 7) is 8.32. The van der Waals surface area contributed by atoms with E-state index in [1.54, 1.807) is 24.3 Å². The maximum absolute atomic E-state index is 12.3. The average Bonchev–Trinajstić information content (AvgIpc) is 2.92. The predicted octanol–water partition coefficient (Wildman–Crippen LogP) is 3.64. The zero-order valence-electron chi connectivity index (χ0n) is 14.6. The molecule has 1 aromatic carbocycles. The Morgan fingerprint density at radius 1 is 1.21 bits per heavy atom. The first-order valence-electron chi connectivity index (χ1n) is 8.05. The molecule has 2 aromatic rings. The number of hydrogen-bond acceptors (Lipinski definition) is 4. The molecule has 5 heteroatoms. The van der Waals surface area contributed by atoms with Crippen LogP contribution < -0.4 is 5.32 Å². The Bertz CT molecular complexity index is 719. The molecule has 0 unspecified atom stereocenters. The molecular formula is C19H24N2O3. The number of benzene rings is 1. The molecule has 1 heterocycles. The lowest BCUT2D eigenvalue weighted by Gasteiger charge is -2.24. The van der Waals surface area contributed by atoms with Crippen molar-refractivity contribution in [2.24, 2.45) is 0 Å². The van der Waals surface area contributed by atoms with Gasteiger partial charge in [0.15, 0.2) is 5.78 Å². The fourth-order valence-corrected chi connectivity index (χ4v) is 2.39. The molecule has 0 aliphatic carbocycles. The largest absolute Gasteiger partial charge is 0.465 e. The number of hydrogen-bond donors (Lipinski definition) is 1. The summed E-state index contributed by atoms with van der Waals surface area (Å²) in [6, 6.07) is 11.0. The highest BCUT2D eigenvalue weighted by Gasteiger charge is 2.16. The van der Waals surface area contributed by atoms with Gasteiger partial charge in [0, 0.05) is 17.3 Å². The van der Waals surface area contributed by atoms with Crippen molar-refractivity contribution < 1.29 is 14.0 Å². The molecule has 0 fully saturated rings. The lowest BCUT2D eigenvalue weighted by molar-refractivity contribution is -0.117. The minimum atomic E-state index is -0.118. The van der Waals surface area contributed by atoms with Gasteiger partial charge in [-0.15, -0.1) is 0 Å². The third-order valence-electron chi connectivity index (χ3n) is 3.78. The third kappa shape index (κ3) is 5.06. The standard InChI is InChI=1S/C19H24N2O3/c1-13(2)21(11-18-9-8-14(3)24-18)12-19(23)20-17-7-5-6-16(10-17)15(4)22/h5-10,13H,11-12H2,1-4H3,(H,20,23). The first-order valence-corrected chi connectivity index (χ1v) is 8.05. The Balaban J connectivity index is 2.00. The Hall–Kier alpha value is -2.40. The summed E-state index contributed by atoms with van der Waals surface area (Å²) in [7, 11) is 0. The lowest BCUT2D eigenvalue weighted by Crippen LogP contribution is -2.37. The van der Waals surface area contributed by atoms with Crippen molar-refractivity contribution in [3.8, 4) is 0 Å². The Morgan fingerprint density at radius 2 is 1.96 bits per heavy atom. The molecule has 5 nitrogen and oxygen atoms in total. The number of aryl methyl sites for hydroxylation is 1. The second-order valence-corrected chi connectivity index (χ2v) is 6.20. The number of carbonyl (C=O) groups is 2. The van der Waals surface area contributed by atoms with Gasteiger partial charge in [0.25, 0.3) is 0 Å². The number of rotatable bonds is 7. The Morgan fingerprint density at radius 3 is 2.54 bits per heavy atom. The summed E-state index contributed by atoms with van der Waals surface area (Å²) < 4.78 is 5.60. The van der Waals surface area contributed by atoms with Crippen molar-refractivity contribution in [3.63, 3.8) is 0 Å². The molecule has 0 spiro atoms. The van der Waals surface area contributed by atoms with Crippen LogP contribution in [0.3, 0.4) is 0 Å². The molecule has 0 aliphatic rings. The number of furan rings is 1. The van der Waals surface area contributed by atoms with Crippen molar-refractivity contribution in [2.45, 2.75) is 40.3 Å². The van der Waals surface area contributed by atoms with E-state index in [1.165, 1.54) is 6.92 Å². The Kier molecular flexibility index (Phi) is 5.93. The molecule has 24 heavy (non-hydrogen) atoms. The van der Waals surface area contributed by atoms with Crippen LogP contribution in [-0.2, 0) is 11.3 Å². The quantitative estimate of drug-likeness (QED) is 0.788. The normalized spacial score (nSPS) is 11.1. The van der Waals surface area contributed by atoms with Gasteiger partial charge in [-0.05, 0) is 52.0 Å². The summed E-state index contributed by atoms with van der Waals surface area (Å²) in [4.78, 5) is 25.8. The van der Waals surface area contributed by atoms with Crippen molar-refractivity contribution in [1.82, 2.24) is 4.90 Å². The highest BCUT2D eigenvalue weighted by molar-refractivity contribution is 5.97. The van der Waals surface area contributed by atoms with Crippen LogP contribution in [0.4, 0.5) is 5.69 Å². The summed E-state index contributed by atoms with van der Waals surface area (Å²) in [5.74, 6) is 1.56. The number of nitrogens with one attached hydrogen (secondary N) is 1. The molecular weight excluding hydrogens is 304 g/mol. The van der Waals surface area contributed by atoms with Crippen molar-refractivity contribution in [3.05, 3.63) is 53.5 Å². The minimum absolute atomic E-state index is 0.0249. The first kappa shape index (κ1) is 17.9. The molecule has 0 atom stereocenters. The van der Waals surface area contributed by atoms with Crippen LogP contribution in [0.25, 0.3) is 0 Å². The van der Waals surface area contributed by atoms with Crippen LogP contribution >= 0.6 is 0 Å². The molecule has 0 saturated heterocycles. The number of carbonyl (C=O) groups excluding carboxylic acids is 2. The molecule has 0 bridgehead atoms. The van der Waals surface area contributed by atoms with E-state index in [9.17, 15) is 9.59 Å². The number of nitrogens with zero attached hydrogens (tertiary/aromatic N) is 1. The van der Waals surface area contributed by atoms with Gasteiger partial charge in [-0.25, -0.2) is 0 Å². The first-order chi connectivity index (χ1) is 11.3. The van der Waals surface area contributed by atoms with Gasteiger partial charge in [0.2, 0.25) is 5.91 Å². The molecule has 0 saturated carbocycles. The van der Waals surface area contributed by atoms with Crippen molar-refractivity contribution in [1.29, 1.82) is 0 Å². The second-order valence-electron chi connectivity index (χ2n) is 6.20. The van der Waals surface area contributed by atoms with Crippen LogP contribution in [0.15, 0.2) is 40.8 Å². The van der Waals surface area contributed by atoms with E-state index in [-0.39, 0.29) is 24.3 Å². The molecule has 128 valence electrons. The van der Waals surface area contributed by atoms with Gasteiger partial charge in [-0.1, -0.05) is 12.1 Å². The fourth-order valence-electron chi connectivity index (χ4n) is 2.39. The summed E-state index contributed by atoms with van der Waals surface area (Å²) in [6.07, 6.45) is 0. The van der Waals surface area contributed by atoms with E-state index in [4.69, 9.17) is 4.42 Å². The third-order valence-corrected chi connectivity index (χ3v) is 3.78. The fraction of sp³-hybridized carbons (Fsp3) is 0.368. The molecule has 0 radical (unpaired) electrons. The van der Waals surface area contributed by atoms with E-state index in [0.717, 1.165) is 11.5 Å². The Labute approximate surface area is 142 Å². The van der Waals surface area contributed by atoms with Gasteiger partial charge in [-0.3, -0.25) is 14.5 Å². The van der Waals surface area contributed by atoms with Gasteiger partial charge >= 0.3 is 0 Å². The van der Waals surface area contributed by atoms with E-state index in [0.29, 0.717) is 17.8 Å². The van der Waals surface area contributed by atoms with E-state index >= 15 is 0 Å². The van der Waals surface area contributed by atoms with Crippen molar-refractivity contribution in [2.75, 3.05) is 11.9 Å². The SMILES string of the molecule is CC(=O)c1cccc(NC(=O)CN(Cc2ccc(C)o2)C(C)C)c1. The maximum atomic E-state index is 12.3. The van der Waals surface area contributed by atoms with Crippen LogP contribution in [-0.4, -0.2) is 29.2 Å². The zero-order valence-corrected chi connectivity index (χ0v) is 14.6. The molecule has 0 aliphatic heterocycles. The van der Waals surface area contributed by atoms with E-state index in [2.05, 4.69) is 5.32 Å². The van der Waals surface area contributed by atoms with Gasteiger partial charge in [-0.2, -0.15) is 0 Å². The number of ketones is 1. The van der Waals surface area contributed by atoms with Gasteiger partial charge in [0.1, 0.15) is 11.5 Å². The maximum Gasteiger partial charge on any atom is 0.238 e. The second kappa shape index (κ2) is 7.93. The monoisotopic (exact) mass is 328 g/mol. The zero-order chi connectivity index (χ0) is 17.7. The lowest BCUT2D eigenvalue weighted by atomic mass is 10.1. The highest BCUT2D eigenvalue weighted by atomic mass is 16.3. The van der Waals surface area contributed by atoms with Crippen LogP contribution in [0.1, 0.15) is 42.6 Å². The molecule has 1 amide bonds. The summed E-state index contributed by atoms with van der Waals surface area (Å²) in [5, 5.41) is 2.85. The van der Waals surface area contributed by atoms with E-state index in [1.807, 2.05) is 37.8 Å². The van der Waals surface area contributed by atoms with Gasteiger partial charge in [0.05, 0.1) is 13.1 Å². The number of Topliss-reactive ketones (excluding diaryl/α,β-unsaturated/α-hetero) is 1. The van der Waals surface area contributed by atoms with Crippen LogP contribution in [0, 0.1) is 6.92 Å². The molecule has 2 rings (SSSR count). The van der Waals surface area contributed by atoms with Crippen molar-refractivity contribution >= 4 is 17.4 Å². The van der Waals surface area contributed by atoms with Gasteiger partial charge < -0.3 is 9.73 Å².